The van der Waals surface area contributed by atoms with E-state index in [2.05, 4.69) is 226 Å². The Morgan fingerprint density at radius 2 is 0.782 bits per heavy atom. The lowest BCUT2D eigenvalue weighted by Crippen LogP contribution is -2.09. The molecule has 0 bridgehead atoms. The number of benzene rings is 9. The minimum absolute atomic E-state index is 1.11. The lowest BCUT2D eigenvalue weighted by Gasteiger charge is -2.26. The molecule has 0 aliphatic carbocycles. The fourth-order valence-electron chi connectivity index (χ4n) is 8.53. The largest absolute Gasteiger partial charge is 0.310 e. The van der Waals surface area contributed by atoms with Gasteiger partial charge >= 0.3 is 0 Å². The van der Waals surface area contributed by atoms with E-state index in [1.54, 1.807) is 0 Å². The van der Waals surface area contributed by atoms with Crippen LogP contribution in [0.2, 0.25) is 0 Å². The summed E-state index contributed by atoms with van der Waals surface area (Å²) >= 11 is 0. The summed E-state index contributed by atoms with van der Waals surface area (Å²) in [7, 11) is 0. The van der Waals surface area contributed by atoms with Gasteiger partial charge in [0.15, 0.2) is 0 Å². The molecule has 0 saturated heterocycles. The van der Waals surface area contributed by atoms with Crippen LogP contribution in [0, 0.1) is 0 Å². The van der Waals surface area contributed by atoms with Crippen LogP contribution in [0.1, 0.15) is 0 Å². The van der Waals surface area contributed by atoms with E-state index in [0.717, 1.165) is 22.7 Å². The van der Waals surface area contributed by atoms with Crippen molar-refractivity contribution in [2.24, 2.45) is 0 Å². The molecule has 0 aliphatic heterocycles. The third kappa shape index (κ3) is 5.13. The van der Waals surface area contributed by atoms with E-state index in [0.29, 0.717) is 0 Å². The lowest BCUT2D eigenvalue weighted by atomic mass is 10.0. The zero-order valence-corrected chi connectivity index (χ0v) is 30.0. The minimum atomic E-state index is 1.11. The molecule has 2 heterocycles. The van der Waals surface area contributed by atoms with Gasteiger partial charge in [-0.25, -0.2) is 0 Å². The lowest BCUT2D eigenvalue weighted by molar-refractivity contribution is 1.18. The first-order valence-electron chi connectivity index (χ1n) is 18.9. The Morgan fingerprint density at radius 1 is 0.273 bits per heavy atom. The van der Waals surface area contributed by atoms with Gasteiger partial charge in [0, 0.05) is 50.0 Å². The molecule has 11 rings (SSSR count). The van der Waals surface area contributed by atoms with E-state index in [1.165, 1.54) is 71.2 Å². The van der Waals surface area contributed by atoms with Crippen molar-refractivity contribution in [2.75, 3.05) is 4.90 Å². The highest BCUT2D eigenvalue weighted by molar-refractivity contribution is 6.12. The molecule has 3 heteroatoms. The molecule has 9 aromatic carbocycles. The highest BCUT2D eigenvalue weighted by atomic mass is 15.1. The summed E-state index contributed by atoms with van der Waals surface area (Å²) in [5.74, 6) is 0. The number of para-hydroxylation sites is 4. The number of nitrogens with zero attached hydrogens (tertiary/aromatic N) is 3. The average molecular weight is 702 g/mol. The van der Waals surface area contributed by atoms with E-state index in [1.807, 2.05) is 0 Å². The first-order chi connectivity index (χ1) is 27.3. The van der Waals surface area contributed by atoms with Gasteiger partial charge in [-0.3, -0.25) is 0 Å². The molecule has 0 saturated carbocycles. The van der Waals surface area contributed by atoms with Crippen molar-refractivity contribution < 1.29 is 0 Å². The predicted octanol–water partition coefficient (Wildman–Crippen LogP) is 14.2. The molecular weight excluding hydrogens is 667 g/mol. The summed E-state index contributed by atoms with van der Waals surface area (Å²) < 4.78 is 4.77. The second-order valence-electron chi connectivity index (χ2n) is 14.2. The third-order valence-corrected chi connectivity index (χ3v) is 11.1. The van der Waals surface area contributed by atoms with Crippen LogP contribution >= 0.6 is 0 Å². The third-order valence-electron chi connectivity index (χ3n) is 11.1. The normalized spacial score (nSPS) is 11.6. The van der Waals surface area contributed by atoms with Gasteiger partial charge in [0.25, 0.3) is 0 Å². The number of anilines is 3. The van der Waals surface area contributed by atoms with Gasteiger partial charge in [-0.1, -0.05) is 121 Å². The molecule has 3 nitrogen and oxygen atoms in total. The zero-order chi connectivity index (χ0) is 36.3. The maximum atomic E-state index is 2.40. The smallest absolute Gasteiger partial charge is 0.0542 e. The molecule has 0 radical (unpaired) electrons. The Bertz CT molecular complexity index is 3190. The summed E-state index contributed by atoms with van der Waals surface area (Å²) in [6.07, 6.45) is 0. The number of rotatable bonds is 6. The molecule has 2 aromatic heterocycles. The van der Waals surface area contributed by atoms with E-state index in [-0.39, 0.29) is 0 Å². The van der Waals surface area contributed by atoms with E-state index in [4.69, 9.17) is 0 Å². The molecular formula is C52H35N3. The van der Waals surface area contributed by atoms with E-state index >= 15 is 0 Å². The van der Waals surface area contributed by atoms with Crippen LogP contribution in [0.25, 0.3) is 76.9 Å². The Morgan fingerprint density at radius 3 is 1.51 bits per heavy atom. The van der Waals surface area contributed by atoms with Gasteiger partial charge in [0.05, 0.1) is 22.1 Å². The SMILES string of the molecule is c1ccc(N(c2ccc(-c3ccc4c(c3)c3ccccc3n4-c3ccccc3)cc2)c2ccc3c(c2)c2ccccc2n3-c2ccc3ccccc3c2)cc1. The predicted molar refractivity (Wildman–Crippen MR) is 233 cm³/mol. The first-order valence-corrected chi connectivity index (χ1v) is 18.9. The minimum Gasteiger partial charge on any atom is -0.310 e. The Labute approximate surface area is 319 Å². The van der Waals surface area contributed by atoms with Crippen LogP contribution in [0.4, 0.5) is 17.1 Å². The number of aromatic nitrogens is 2. The highest BCUT2D eigenvalue weighted by Crippen LogP contribution is 2.41. The Kier molecular flexibility index (Phi) is 7.17. The number of hydrogen-bond acceptors (Lipinski definition) is 1. The van der Waals surface area contributed by atoms with Crippen LogP contribution in [0.3, 0.4) is 0 Å². The van der Waals surface area contributed by atoms with Crippen LogP contribution in [0.5, 0.6) is 0 Å². The van der Waals surface area contributed by atoms with Crippen LogP contribution in [0.15, 0.2) is 212 Å². The van der Waals surface area contributed by atoms with Crippen molar-refractivity contribution in [3.05, 3.63) is 212 Å². The van der Waals surface area contributed by atoms with Crippen LogP contribution < -0.4 is 4.90 Å². The van der Waals surface area contributed by atoms with Gasteiger partial charge in [-0.2, -0.15) is 0 Å². The zero-order valence-electron chi connectivity index (χ0n) is 30.0. The molecule has 258 valence electrons. The molecule has 11 aromatic rings. The standard InChI is InChI=1S/C52H35N3/c1-3-15-40(16-4-1)53(44-30-32-52-48(35-44)46-20-10-12-22-50(46)55(52)43-29-25-36-13-7-8-14-38(36)33-43)42-27-23-37(24-28-42)39-26-31-51-47(34-39)45-19-9-11-21-49(45)54(51)41-17-5-2-6-18-41/h1-35H. The molecule has 55 heavy (non-hydrogen) atoms. The molecule has 0 N–H and O–H groups in total. The molecule has 0 aliphatic rings. The molecule has 0 fully saturated rings. The second-order valence-corrected chi connectivity index (χ2v) is 14.2. The van der Waals surface area contributed by atoms with Gasteiger partial charge in [-0.15, -0.1) is 0 Å². The van der Waals surface area contributed by atoms with Crippen molar-refractivity contribution in [3.63, 3.8) is 0 Å². The van der Waals surface area contributed by atoms with Gasteiger partial charge in [0.2, 0.25) is 0 Å². The van der Waals surface area contributed by atoms with Crippen molar-refractivity contribution in [3.8, 4) is 22.5 Å². The van der Waals surface area contributed by atoms with Crippen molar-refractivity contribution in [1.29, 1.82) is 0 Å². The Hall–Kier alpha value is -7.36. The maximum absolute atomic E-state index is 2.40. The van der Waals surface area contributed by atoms with Crippen LogP contribution in [-0.4, -0.2) is 9.13 Å². The average Bonchev–Trinajstić information content (AvgIpc) is 3.77. The number of hydrogen-bond donors (Lipinski definition) is 0. The molecule has 0 amide bonds. The summed E-state index contributed by atoms with van der Waals surface area (Å²) in [5.41, 5.74) is 12.9. The van der Waals surface area contributed by atoms with E-state index in [9.17, 15) is 0 Å². The van der Waals surface area contributed by atoms with Gasteiger partial charge in [0.1, 0.15) is 0 Å². The maximum Gasteiger partial charge on any atom is 0.0542 e. The fraction of sp³-hybridized carbons (Fsp3) is 0. The summed E-state index contributed by atoms with van der Waals surface area (Å²) in [6, 6.07) is 76.9. The van der Waals surface area contributed by atoms with E-state index < -0.39 is 0 Å². The topological polar surface area (TPSA) is 13.1 Å². The second kappa shape index (κ2) is 12.6. The van der Waals surface area contributed by atoms with Crippen LogP contribution in [-0.2, 0) is 0 Å². The van der Waals surface area contributed by atoms with Gasteiger partial charge < -0.3 is 14.0 Å². The summed E-state index contributed by atoms with van der Waals surface area (Å²) in [4.78, 5) is 2.36. The van der Waals surface area contributed by atoms with Crippen molar-refractivity contribution in [1.82, 2.24) is 9.13 Å². The highest BCUT2D eigenvalue weighted by Gasteiger charge is 2.18. The monoisotopic (exact) mass is 701 g/mol. The molecule has 0 atom stereocenters. The van der Waals surface area contributed by atoms with Crippen molar-refractivity contribution in [2.45, 2.75) is 0 Å². The van der Waals surface area contributed by atoms with Crippen molar-refractivity contribution >= 4 is 71.4 Å². The van der Waals surface area contributed by atoms with Gasteiger partial charge in [-0.05, 0) is 113 Å². The summed E-state index contributed by atoms with van der Waals surface area (Å²) in [5, 5.41) is 7.45. The fourth-order valence-corrected chi connectivity index (χ4v) is 8.53. The Balaban J connectivity index is 1.02. The number of fused-ring (bicyclic) bond motifs is 7. The first kappa shape index (κ1) is 31.2. The molecule has 0 unspecified atom stereocenters. The molecule has 0 spiro atoms. The summed E-state index contributed by atoms with van der Waals surface area (Å²) in [6.45, 7) is 0. The quantitative estimate of drug-likeness (QED) is 0.168.